The van der Waals surface area contributed by atoms with Gasteiger partial charge in [-0.3, -0.25) is 5.43 Å². The number of para-hydroxylation sites is 1. The fourth-order valence-electron chi connectivity index (χ4n) is 1.94. The molecular formula is C14H12IN5. The summed E-state index contributed by atoms with van der Waals surface area (Å²) in [6.07, 6.45) is 0. The monoisotopic (exact) mass is 377 g/mol. The number of anilines is 3. The Hall–Kier alpha value is -1.93. The van der Waals surface area contributed by atoms with Crippen molar-refractivity contribution in [2.45, 2.75) is 0 Å². The first-order valence-electron chi connectivity index (χ1n) is 6.02. The summed E-state index contributed by atoms with van der Waals surface area (Å²) in [6, 6.07) is 15.9. The van der Waals surface area contributed by atoms with Gasteiger partial charge in [-0.15, -0.1) is 0 Å². The minimum atomic E-state index is 0.386. The summed E-state index contributed by atoms with van der Waals surface area (Å²) in [7, 11) is 0. The van der Waals surface area contributed by atoms with Crippen LogP contribution in [0.1, 0.15) is 0 Å². The van der Waals surface area contributed by atoms with Gasteiger partial charge in [-0.2, -0.15) is 4.98 Å². The van der Waals surface area contributed by atoms with Gasteiger partial charge in [-0.05, 0) is 52.9 Å². The third kappa shape index (κ3) is 2.66. The molecule has 0 saturated heterocycles. The molecule has 0 radical (unpaired) electrons. The van der Waals surface area contributed by atoms with E-state index in [0.29, 0.717) is 5.95 Å². The van der Waals surface area contributed by atoms with Crippen molar-refractivity contribution in [3.63, 3.8) is 0 Å². The maximum Gasteiger partial charge on any atom is 0.239 e. The molecule has 0 unspecified atom stereocenters. The highest BCUT2D eigenvalue weighted by molar-refractivity contribution is 14.1. The lowest BCUT2D eigenvalue weighted by molar-refractivity contribution is 1.15. The van der Waals surface area contributed by atoms with E-state index < -0.39 is 0 Å². The normalized spacial score (nSPS) is 10.5. The van der Waals surface area contributed by atoms with E-state index in [1.54, 1.807) is 0 Å². The van der Waals surface area contributed by atoms with Gasteiger partial charge in [0, 0.05) is 14.6 Å². The van der Waals surface area contributed by atoms with E-state index in [4.69, 9.17) is 5.84 Å². The number of rotatable bonds is 3. The van der Waals surface area contributed by atoms with Crippen LogP contribution >= 0.6 is 22.6 Å². The summed E-state index contributed by atoms with van der Waals surface area (Å²) >= 11 is 2.28. The number of hydrogen-bond acceptors (Lipinski definition) is 5. The van der Waals surface area contributed by atoms with Gasteiger partial charge in [0.05, 0.1) is 5.52 Å². The number of nitrogen functional groups attached to an aromatic ring is 1. The Labute approximate surface area is 129 Å². The molecule has 1 heterocycles. The smallest absolute Gasteiger partial charge is 0.239 e. The van der Waals surface area contributed by atoms with Crippen LogP contribution in [-0.4, -0.2) is 9.97 Å². The predicted octanol–water partition coefficient (Wildman–Crippen LogP) is 3.26. The highest BCUT2D eigenvalue weighted by Crippen LogP contribution is 2.25. The topological polar surface area (TPSA) is 75.9 Å². The van der Waals surface area contributed by atoms with E-state index in [0.717, 1.165) is 26.0 Å². The number of hydrazine groups is 1. The average Bonchev–Trinajstić information content (AvgIpc) is 2.47. The number of nitrogens with one attached hydrogen (secondary N) is 2. The third-order valence-corrected chi connectivity index (χ3v) is 3.49. The minimum absolute atomic E-state index is 0.386. The van der Waals surface area contributed by atoms with Crippen LogP contribution in [0.4, 0.5) is 17.5 Å². The molecule has 1 aromatic heterocycles. The van der Waals surface area contributed by atoms with Crippen LogP contribution in [0.3, 0.4) is 0 Å². The van der Waals surface area contributed by atoms with Crippen molar-refractivity contribution in [3.05, 3.63) is 52.1 Å². The van der Waals surface area contributed by atoms with E-state index in [1.807, 2.05) is 48.5 Å². The summed E-state index contributed by atoms with van der Waals surface area (Å²) in [4.78, 5) is 8.71. The molecule has 0 aliphatic rings. The van der Waals surface area contributed by atoms with Crippen molar-refractivity contribution >= 4 is 50.9 Å². The Balaban J connectivity index is 2.10. The Morgan fingerprint density at radius 1 is 1.00 bits per heavy atom. The zero-order valence-electron chi connectivity index (χ0n) is 10.5. The highest BCUT2D eigenvalue weighted by atomic mass is 127. The maximum absolute atomic E-state index is 5.42. The fourth-order valence-corrected chi connectivity index (χ4v) is 2.48. The van der Waals surface area contributed by atoms with Crippen LogP contribution in [0.15, 0.2) is 48.5 Å². The van der Waals surface area contributed by atoms with Gasteiger partial charge in [-0.25, -0.2) is 10.8 Å². The molecule has 6 heteroatoms. The summed E-state index contributed by atoms with van der Waals surface area (Å²) in [5, 5.41) is 4.26. The number of halogens is 1. The largest absolute Gasteiger partial charge is 0.340 e. The maximum atomic E-state index is 5.42. The van der Waals surface area contributed by atoms with Crippen LogP contribution < -0.4 is 16.6 Å². The lowest BCUT2D eigenvalue weighted by atomic mass is 10.2. The quantitative estimate of drug-likeness (QED) is 0.371. The third-order valence-electron chi connectivity index (χ3n) is 2.82. The number of nitrogens with two attached hydrogens (primary N) is 1. The van der Waals surface area contributed by atoms with Crippen LogP contribution in [-0.2, 0) is 0 Å². The van der Waals surface area contributed by atoms with Crippen molar-refractivity contribution in [1.29, 1.82) is 0 Å². The summed E-state index contributed by atoms with van der Waals surface area (Å²) < 4.78 is 1.16. The molecular weight excluding hydrogens is 365 g/mol. The van der Waals surface area contributed by atoms with Crippen LogP contribution in [0, 0.1) is 3.57 Å². The van der Waals surface area contributed by atoms with Gasteiger partial charge < -0.3 is 5.32 Å². The number of hydrogen-bond donors (Lipinski definition) is 3. The summed E-state index contributed by atoms with van der Waals surface area (Å²) in [5.41, 5.74) is 4.31. The second kappa shape index (κ2) is 5.59. The zero-order valence-corrected chi connectivity index (χ0v) is 12.6. The molecule has 0 amide bonds. The van der Waals surface area contributed by atoms with Crippen molar-refractivity contribution < 1.29 is 0 Å². The van der Waals surface area contributed by atoms with Gasteiger partial charge in [0.2, 0.25) is 5.95 Å². The lowest BCUT2D eigenvalue weighted by Gasteiger charge is -2.10. The predicted molar refractivity (Wildman–Crippen MR) is 89.8 cm³/mol. The molecule has 0 bridgehead atoms. The Morgan fingerprint density at radius 2 is 1.85 bits per heavy atom. The molecule has 0 aliphatic carbocycles. The number of nitrogens with zero attached hydrogens (tertiary/aromatic N) is 2. The molecule has 2 aromatic carbocycles. The average molecular weight is 377 g/mol. The first kappa shape index (κ1) is 13.1. The lowest BCUT2D eigenvalue weighted by Crippen LogP contribution is -2.11. The minimum Gasteiger partial charge on any atom is -0.340 e. The van der Waals surface area contributed by atoms with E-state index in [9.17, 15) is 0 Å². The van der Waals surface area contributed by atoms with Gasteiger partial charge >= 0.3 is 0 Å². The van der Waals surface area contributed by atoms with Crippen LogP contribution in [0.25, 0.3) is 10.9 Å². The van der Waals surface area contributed by atoms with Crippen molar-refractivity contribution in [2.24, 2.45) is 5.84 Å². The Bertz CT molecular complexity index is 759. The van der Waals surface area contributed by atoms with Gasteiger partial charge in [-0.1, -0.05) is 18.2 Å². The van der Waals surface area contributed by atoms with Gasteiger partial charge in [0.15, 0.2) is 0 Å². The number of aromatic nitrogens is 2. The molecule has 0 fully saturated rings. The van der Waals surface area contributed by atoms with E-state index >= 15 is 0 Å². The van der Waals surface area contributed by atoms with Crippen LogP contribution in [0.5, 0.6) is 0 Å². The molecule has 5 nitrogen and oxygen atoms in total. The summed E-state index contributed by atoms with van der Waals surface area (Å²) in [5.74, 6) is 6.54. The molecule has 4 N–H and O–H groups in total. The second-order valence-electron chi connectivity index (χ2n) is 4.19. The first-order chi connectivity index (χ1) is 9.76. The van der Waals surface area contributed by atoms with Gasteiger partial charge in [0.25, 0.3) is 0 Å². The molecule has 3 rings (SSSR count). The number of benzene rings is 2. The molecule has 0 spiro atoms. The SMILES string of the molecule is NNc1nc(Nc2cccc(I)c2)c2ccccc2n1. The molecule has 3 aromatic rings. The van der Waals surface area contributed by atoms with Crippen LogP contribution in [0.2, 0.25) is 0 Å². The molecule has 0 saturated carbocycles. The fraction of sp³-hybridized carbons (Fsp3) is 0. The van der Waals surface area contributed by atoms with Gasteiger partial charge in [0.1, 0.15) is 5.82 Å². The summed E-state index contributed by atoms with van der Waals surface area (Å²) in [6.45, 7) is 0. The number of fused-ring (bicyclic) bond motifs is 1. The standard InChI is InChI=1S/C14H12IN5/c15-9-4-3-5-10(8-9)17-13-11-6-1-2-7-12(11)18-14(19-13)20-16/h1-8H,16H2,(H2,17,18,19,20). The van der Waals surface area contributed by atoms with E-state index in [2.05, 4.69) is 43.3 Å². The van der Waals surface area contributed by atoms with Crippen molar-refractivity contribution in [1.82, 2.24) is 9.97 Å². The van der Waals surface area contributed by atoms with Crippen molar-refractivity contribution in [3.8, 4) is 0 Å². The highest BCUT2D eigenvalue weighted by Gasteiger charge is 2.07. The molecule has 0 atom stereocenters. The molecule has 0 aliphatic heterocycles. The Kier molecular flexibility index (Phi) is 3.66. The molecule has 20 heavy (non-hydrogen) atoms. The second-order valence-corrected chi connectivity index (χ2v) is 5.44. The van der Waals surface area contributed by atoms with E-state index in [-0.39, 0.29) is 0 Å². The van der Waals surface area contributed by atoms with Crippen molar-refractivity contribution in [2.75, 3.05) is 10.7 Å². The molecule has 100 valence electrons. The first-order valence-corrected chi connectivity index (χ1v) is 7.10. The van der Waals surface area contributed by atoms with E-state index in [1.165, 1.54) is 0 Å². The Morgan fingerprint density at radius 3 is 2.65 bits per heavy atom. The zero-order chi connectivity index (χ0) is 13.9.